The fourth-order valence-electron chi connectivity index (χ4n) is 2.22. The Morgan fingerprint density at radius 1 is 1.16 bits per heavy atom. The van der Waals surface area contributed by atoms with Gasteiger partial charge in [-0.05, 0) is 37.3 Å². The molecule has 0 aliphatic heterocycles. The topological polar surface area (TPSA) is 73.8 Å². The number of nitrogens with zero attached hydrogens (tertiary/aromatic N) is 3. The van der Waals surface area contributed by atoms with Crippen LogP contribution in [0.5, 0.6) is 0 Å². The summed E-state index contributed by atoms with van der Waals surface area (Å²) < 4.78 is 1.85. The molecule has 0 aliphatic carbocycles. The third kappa shape index (κ3) is 3.81. The molecule has 3 rings (SSSR count). The van der Waals surface area contributed by atoms with Crippen LogP contribution in [0.25, 0.3) is 17.1 Å². The van der Waals surface area contributed by atoms with Gasteiger partial charge in [0.2, 0.25) is 5.91 Å². The molecule has 1 unspecified atom stereocenters. The molecule has 25 heavy (non-hydrogen) atoms. The monoisotopic (exact) mass is 392 g/mol. The Hall–Kier alpha value is -2.02. The maximum atomic E-state index is 11.4. The van der Waals surface area contributed by atoms with E-state index >= 15 is 0 Å². The molecule has 0 bridgehead atoms. The molecule has 0 spiro atoms. The summed E-state index contributed by atoms with van der Waals surface area (Å²) in [6.07, 6.45) is 0. The second-order valence-corrected chi connectivity index (χ2v) is 7.42. The fourth-order valence-corrected chi connectivity index (χ4v) is 3.53. The van der Waals surface area contributed by atoms with Crippen molar-refractivity contribution in [1.29, 1.82) is 0 Å². The van der Waals surface area contributed by atoms with Gasteiger partial charge < -0.3 is 5.73 Å². The zero-order chi connectivity index (χ0) is 18.0. The summed E-state index contributed by atoms with van der Waals surface area (Å²) in [6, 6.07) is 14.8. The molecule has 0 saturated heterocycles. The third-order valence-electron chi connectivity index (χ3n) is 3.50. The van der Waals surface area contributed by atoms with Gasteiger partial charge in [0.25, 0.3) is 0 Å². The molecule has 0 saturated carbocycles. The molecular weight excluding hydrogens is 379 g/mol. The van der Waals surface area contributed by atoms with Gasteiger partial charge in [0.15, 0.2) is 11.0 Å². The highest BCUT2D eigenvalue weighted by Crippen LogP contribution is 2.34. The Morgan fingerprint density at radius 2 is 1.88 bits per heavy atom. The van der Waals surface area contributed by atoms with Crippen LogP contribution in [0, 0.1) is 0 Å². The Labute approximate surface area is 159 Å². The van der Waals surface area contributed by atoms with Gasteiger partial charge >= 0.3 is 0 Å². The van der Waals surface area contributed by atoms with E-state index < -0.39 is 11.2 Å². The first-order chi connectivity index (χ1) is 12.0. The molecule has 5 nitrogen and oxygen atoms in total. The number of para-hydroxylation sites is 1. The third-order valence-corrected chi connectivity index (χ3v) is 5.11. The van der Waals surface area contributed by atoms with Gasteiger partial charge in [0.1, 0.15) is 0 Å². The summed E-state index contributed by atoms with van der Waals surface area (Å²) in [6.45, 7) is 1.73. The number of hydrogen-bond donors (Lipinski definition) is 1. The zero-order valence-electron chi connectivity index (χ0n) is 13.2. The van der Waals surface area contributed by atoms with Crippen LogP contribution in [0.4, 0.5) is 0 Å². The van der Waals surface area contributed by atoms with E-state index in [2.05, 4.69) is 10.2 Å². The van der Waals surface area contributed by atoms with Gasteiger partial charge in [-0.3, -0.25) is 9.36 Å². The van der Waals surface area contributed by atoms with Gasteiger partial charge in [-0.25, -0.2) is 0 Å². The SMILES string of the molecule is CC(Sc1nnc(-c2ccc(Cl)cc2Cl)n1-c1ccccc1)C(N)=O. The summed E-state index contributed by atoms with van der Waals surface area (Å²) in [4.78, 5) is 11.4. The molecule has 3 aromatic rings. The van der Waals surface area contributed by atoms with E-state index in [0.29, 0.717) is 26.6 Å². The van der Waals surface area contributed by atoms with Crippen LogP contribution >= 0.6 is 35.0 Å². The van der Waals surface area contributed by atoms with Crippen LogP contribution in [-0.2, 0) is 4.79 Å². The number of carbonyl (C=O) groups excluding carboxylic acids is 1. The minimum Gasteiger partial charge on any atom is -0.369 e. The molecule has 1 amide bonds. The van der Waals surface area contributed by atoms with Crippen LogP contribution in [-0.4, -0.2) is 25.9 Å². The average Bonchev–Trinajstić information content (AvgIpc) is 2.98. The predicted molar refractivity (Wildman–Crippen MR) is 101 cm³/mol. The minimum absolute atomic E-state index is 0.418. The first-order valence-corrected chi connectivity index (χ1v) is 9.03. The summed E-state index contributed by atoms with van der Waals surface area (Å²) in [5, 5.41) is 9.63. The summed E-state index contributed by atoms with van der Waals surface area (Å²) in [5.41, 5.74) is 6.93. The Balaban J connectivity index is 2.16. The number of amides is 1. The van der Waals surface area contributed by atoms with Crippen molar-refractivity contribution < 1.29 is 4.79 Å². The van der Waals surface area contributed by atoms with Crippen molar-refractivity contribution in [2.75, 3.05) is 0 Å². The van der Waals surface area contributed by atoms with Crippen molar-refractivity contribution in [3.63, 3.8) is 0 Å². The Morgan fingerprint density at radius 3 is 2.52 bits per heavy atom. The van der Waals surface area contributed by atoms with Crippen molar-refractivity contribution in [2.45, 2.75) is 17.3 Å². The highest BCUT2D eigenvalue weighted by molar-refractivity contribution is 8.00. The molecule has 1 aromatic heterocycles. The lowest BCUT2D eigenvalue weighted by molar-refractivity contribution is -0.117. The number of benzene rings is 2. The highest BCUT2D eigenvalue weighted by atomic mass is 35.5. The minimum atomic E-state index is -0.444. The molecule has 8 heteroatoms. The molecule has 0 radical (unpaired) electrons. The molecule has 2 aromatic carbocycles. The van der Waals surface area contributed by atoms with Gasteiger partial charge in [0, 0.05) is 16.3 Å². The lowest BCUT2D eigenvalue weighted by atomic mass is 10.2. The molecular formula is C17H14Cl2N4OS. The van der Waals surface area contributed by atoms with Gasteiger partial charge in [0.05, 0.1) is 10.3 Å². The van der Waals surface area contributed by atoms with E-state index in [1.54, 1.807) is 25.1 Å². The average molecular weight is 393 g/mol. The van der Waals surface area contributed by atoms with Crippen molar-refractivity contribution in [1.82, 2.24) is 14.8 Å². The molecule has 128 valence electrons. The van der Waals surface area contributed by atoms with Crippen LogP contribution in [0.3, 0.4) is 0 Å². The van der Waals surface area contributed by atoms with Crippen LogP contribution < -0.4 is 5.73 Å². The number of rotatable bonds is 5. The molecule has 0 aliphatic rings. The summed E-state index contributed by atoms with van der Waals surface area (Å²) >= 11 is 13.6. The lowest BCUT2D eigenvalue weighted by Gasteiger charge is -2.12. The second kappa shape index (κ2) is 7.47. The quantitative estimate of drug-likeness (QED) is 0.659. The molecule has 1 heterocycles. The van der Waals surface area contributed by atoms with Crippen molar-refractivity contribution in [3.05, 3.63) is 58.6 Å². The Kier molecular flexibility index (Phi) is 5.32. The van der Waals surface area contributed by atoms with E-state index in [9.17, 15) is 4.79 Å². The fraction of sp³-hybridized carbons (Fsp3) is 0.118. The molecule has 0 fully saturated rings. The van der Waals surface area contributed by atoms with Gasteiger partial charge in [-0.15, -0.1) is 10.2 Å². The molecule has 2 N–H and O–H groups in total. The number of nitrogens with two attached hydrogens (primary N) is 1. The van der Waals surface area contributed by atoms with Crippen molar-refractivity contribution in [3.8, 4) is 17.1 Å². The van der Waals surface area contributed by atoms with E-state index in [0.717, 1.165) is 5.69 Å². The lowest BCUT2D eigenvalue weighted by Crippen LogP contribution is -2.23. The number of halogens is 2. The number of hydrogen-bond acceptors (Lipinski definition) is 4. The summed E-state index contributed by atoms with van der Waals surface area (Å²) in [5.74, 6) is 0.144. The van der Waals surface area contributed by atoms with E-state index in [4.69, 9.17) is 28.9 Å². The number of carbonyl (C=O) groups is 1. The Bertz CT molecular complexity index is 914. The van der Waals surface area contributed by atoms with Gasteiger partial charge in [-0.1, -0.05) is 53.2 Å². The standard InChI is InChI=1S/C17H14Cl2N4OS/c1-10(15(20)24)25-17-22-21-16(13-8-7-11(18)9-14(13)19)23(17)12-5-3-2-4-6-12/h2-10H,1H3,(H2,20,24). The first-order valence-electron chi connectivity index (χ1n) is 7.39. The highest BCUT2D eigenvalue weighted by Gasteiger charge is 2.21. The zero-order valence-corrected chi connectivity index (χ0v) is 15.5. The normalized spacial score (nSPS) is 12.1. The second-order valence-electron chi connectivity index (χ2n) is 5.26. The summed E-state index contributed by atoms with van der Waals surface area (Å²) in [7, 11) is 0. The predicted octanol–water partition coefficient (Wildman–Crippen LogP) is 4.21. The molecule has 1 atom stereocenters. The van der Waals surface area contributed by atoms with Crippen LogP contribution in [0.2, 0.25) is 10.0 Å². The van der Waals surface area contributed by atoms with Crippen LogP contribution in [0.1, 0.15) is 6.92 Å². The van der Waals surface area contributed by atoms with Crippen molar-refractivity contribution >= 4 is 40.9 Å². The smallest absolute Gasteiger partial charge is 0.230 e. The van der Waals surface area contributed by atoms with Crippen LogP contribution in [0.15, 0.2) is 53.7 Å². The largest absolute Gasteiger partial charge is 0.369 e. The number of thioether (sulfide) groups is 1. The van der Waals surface area contributed by atoms with E-state index in [-0.39, 0.29) is 0 Å². The number of primary amides is 1. The van der Waals surface area contributed by atoms with Crippen molar-refractivity contribution in [2.24, 2.45) is 5.73 Å². The van der Waals surface area contributed by atoms with Gasteiger partial charge in [-0.2, -0.15) is 0 Å². The number of aromatic nitrogens is 3. The van der Waals surface area contributed by atoms with E-state index in [1.165, 1.54) is 11.8 Å². The first kappa shape index (κ1) is 17.8. The maximum Gasteiger partial charge on any atom is 0.230 e. The maximum absolute atomic E-state index is 11.4. The van der Waals surface area contributed by atoms with E-state index in [1.807, 2.05) is 34.9 Å².